The van der Waals surface area contributed by atoms with Gasteiger partial charge in [-0.3, -0.25) is 0 Å². The van der Waals surface area contributed by atoms with Gasteiger partial charge in [-0.1, -0.05) is 23.7 Å². The van der Waals surface area contributed by atoms with Gasteiger partial charge in [0, 0.05) is 10.6 Å². The van der Waals surface area contributed by atoms with Crippen LogP contribution < -0.4 is 0 Å². The molecule has 4 heteroatoms. The van der Waals surface area contributed by atoms with Crippen molar-refractivity contribution in [2.45, 2.75) is 6.92 Å². The minimum atomic E-state index is -0.574. The van der Waals surface area contributed by atoms with E-state index in [-0.39, 0.29) is 12.4 Å². The summed E-state index contributed by atoms with van der Waals surface area (Å²) in [6.45, 7) is 1.97. The quantitative estimate of drug-likeness (QED) is 0.490. The molecule has 0 aromatic heterocycles. The number of carbonyl (C=O) groups is 1. The number of halogens is 1. The largest absolute Gasteiger partial charge is 0.507 e. The molecule has 0 bridgehead atoms. The van der Waals surface area contributed by atoms with Gasteiger partial charge in [-0.25, -0.2) is 4.79 Å². The topological polar surface area (TPSA) is 46.5 Å². The second-order valence-electron chi connectivity index (χ2n) is 2.79. The fraction of sp³-hybridized carbons (Fsp3) is 0.182. The van der Waals surface area contributed by atoms with Gasteiger partial charge in [-0.05, 0) is 19.1 Å². The highest BCUT2D eigenvalue weighted by Gasteiger charge is 2.03. The highest BCUT2D eigenvalue weighted by molar-refractivity contribution is 6.30. The molecule has 1 rings (SSSR count). The number of aliphatic hydroxyl groups is 1. The minimum absolute atomic E-state index is 0.157. The van der Waals surface area contributed by atoms with E-state index in [0.717, 1.165) is 6.08 Å². The number of ether oxygens (including phenoxy) is 1. The second kappa shape index (κ2) is 5.41. The van der Waals surface area contributed by atoms with Crippen molar-refractivity contribution in [3.63, 3.8) is 0 Å². The number of aliphatic hydroxyl groups excluding tert-OH is 1. The molecule has 0 aliphatic heterocycles. The van der Waals surface area contributed by atoms with Crippen LogP contribution in [0.2, 0.25) is 5.02 Å². The molecule has 0 fully saturated rings. The van der Waals surface area contributed by atoms with Crippen LogP contribution in [0.1, 0.15) is 12.5 Å². The third-order valence-electron chi connectivity index (χ3n) is 1.66. The molecular weight excluding hydrogens is 216 g/mol. The Morgan fingerprint density at radius 3 is 2.93 bits per heavy atom. The van der Waals surface area contributed by atoms with Gasteiger partial charge < -0.3 is 9.84 Å². The molecule has 0 aliphatic rings. The van der Waals surface area contributed by atoms with Crippen molar-refractivity contribution >= 4 is 23.3 Å². The molecule has 0 atom stereocenters. The molecule has 0 saturated carbocycles. The first-order valence-corrected chi connectivity index (χ1v) is 4.84. The molecule has 80 valence electrons. The maximum absolute atomic E-state index is 11.0. The Morgan fingerprint density at radius 2 is 2.33 bits per heavy atom. The zero-order chi connectivity index (χ0) is 11.3. The fourth-order valence-electron chi connectivity index (χ4n) is 1.03. The Kier molecular flexibility index (Phi) is 4.18. The molecular formula is C11H11ClO3. The summed E-state index contributed by atoms with van der Waals surface area (Å²) in [6, 6.07) is 6.58. The number of hydrogen-bond acceptors (Lipinski definition) is 3. The van der Waals surface area contributed by atoms with E-state index in [4.69, 9.17) is 11.6 Å². The van der Waals surface area contributed by atoms with Crippen molar-refractivity contribution in [1.82, 2.24) is 0 Å². The molecule has 0 radical (unpaired) electrons. The van der Waals surface area contributed by atoms with Crippen molar-refractivity contribution in [2.75, 3.05) is 6.61 Å². The van der Waals surface area contributed by atoms with Crippen LogP contribution >= 0.6 is 11.6 Å². The van der Waals surface area contributed by atoms with E-state index in [1.54, 1.807) is 31.2 Å². The lowest BCUT2D eigenvalue weighted by Gasteiger charge is -2.01. The van der Waals surface area contributed by atoms with E-state index in [9.17, 15) is 9.90 Å². The zero-order valence-electron chi connectivity index (χ0n) is 8.24. The second-order valence-corrected chi connectivity index (χ2v) is 3.23. The first-order valence-electron chi connectivity index (χ1n) is 4.47. The van der Waals surface area contributed by atoms with E-state index in [1.165, 1.54) is 0 Å². The number of carbonyl (C=O) groups excluding carboxylic acids is 1. The van der Waals surface area contributed by atoms with Gasteiger partial charge in [-0.2, -0.15) is 0 Å². The van der Waals surface area contributed by atoms with Gasteiger partial charge in [-0.15, -0.1) is 0 Å². The molecule has 15 heavy (non-hydrogen) atoms. The van der Waals surface area contributed by atoms with Gasteiger partial charge in [0.2, 0.25) is 0 Å². The van der Waals surface area contributed by atoms with Crippen LogP contribution in [0.3, 0.4) is 0 Å². The first-order chi connectivity index (χ1) is 7.13. The summed E-state index contributed by atoms with van der Waals surface area (Å²) in [5, 5.41) is 10.0. The minimum Gasteiger partial charge on any atom is -0.507 e. The number of benzene rings is 1. The van der Waals surface area contributed by atoms with Crippen LogP contribution in [0.5, 0.6) is 0 Å². The molecule has 1 N–H and O–H groups in total. The number of rotatable bonds is 3. The molecule has 0 spiro atoms. The number of esters is 1. The molecule has 0 heterocycles. The Bertz CT molecular complexity index is 385. The SMILES string of the molecule is CCOC(=O)C=C(O)c1cccc(Cl)c1. The molecule has 0 aliphatic carbocycles. The predicted molar refractivity (Wildman–Crippen MR) is 58.7 cm³/mol. The van der Waals surface area contributed by atoms with E-state index < -0.39 is 5.97 Å². The van der Waals surface area contributed by atoms with Crippen molar-refractivity contribution in [1.29, 1.82) is 0 Å². The highest BCUT2D eigenvalue weighted by Crippen LogP contribution is 2.16. The van der Waals surface area contributed by atoms with Crippen LogP contribution in [-0.2, 0) is 9.53 Å². The Hall–Kier alpha value is -1.48. The van der Waals surface area contributed by atoms with Gasteiger partial charge in [0.1, 0.15) is 5.76 Å². The maximum atomic E-state index is 11.0. The Balaban J connectivity index is 2.84. The van der Waals surface area contributed by atoms with Crippen LogP contribution in [0.25, 0.3) is 5.76 Å². The van der Waals surface area contributed by atoms with E-state index in [2.05, 4.69) is 4.74 Å². The van der Waals surface area contributed by atoms with Crippen molar-refractivity contribution in [3.8, 4) is 0 Å². The van der Waals surface area contributed by atoms with Gasteiger partial charge in [0.25, 0.3) is 0 Å². The third kappa shape index (κ3) is 3.64. The standard InChI is InChI=1S/C11H11ClO3/c1-2-15-11(14)7-10(13)8-4-3-5-9(12)6-8/h3-7,13H,2H2,1H3. The Morgan fingerprint density at radius 1 is 1.60 bits per heavy atom. The summed E-state index contributed by atoms with van der Waals surface area (Å²) in [5.41, 5.74) is 0.482. The van der Waals surface area contributed by atoms with Crippen molar-refractivity contribution < 1.29 is 14.6 Å². The summed E-state index contributed by atoms with van der Waals surface area (Å²) in [5.74, 6) is -0.731. The summed E-state index contributed by atoms with van der Waals surface area (Å²) < 4.78 is 4.66. The summed E-state index contributed by atoms with van der Waals surface area (Å²) >= 11 is 5.73. The van der Waals surface area contributed by atoms with E-state index >= 15 is 0 Å². The van der Waals surface area contributed by atoms with E-state index in [1.807, 2.05) is 0 Å². The molecule has 0 saturated heterocycles. The molecule has 0 amide bonds. The van der Waals surface area contributed by atoms with Crippen LogP contribution in [0, 0.1) is 0 Å². The molecule has 3 nitrogen and oxygen atoms in total. The Labute approximate surface area is 92.9 Å². The number of hydrogen-bond donors (Lipinski definition) is 1. The monoisotopic (exact) mass is 226 g/mol. The van der Waals surface area contributed by atoms with Crippen LogP contribution in [0.15, 0.2) is 30.3 Å². The molecule has 1 aromatic carbocycles. The maximum Gasteiger partial charge on any atom is 0.334 e. The highest BCUT2D eigenvalue weighted by atomic mass is 35.5. The fourth-order valence-corrected chi connectivity index (χ4v) is 1.22. The predicted octanol–water partition coefficient (Wildman–Crippen LogP) is 2.80. The molecule has 1 aromatic rings. The van der Waals surface area contributed by atoms with Gasteiger partial charge >= 0.3 is 5.97 Å². The summed E-state index contributed by atoms with van der Waals surface area (Å²) in [6.07, 6.45) is 1.02. The normalized spacial score (nSPS) is 11.2. The van der Waals surface area contributed by atoms with E-state index in [0.29, 0.717) is 10.6 Å². The lowest BCUT2D eigenvalue weighted by atomic mass is 10.2. The lowest BCUT2D eigenvalue weighted by Crippen LogP contribution is -2.00. The molecule has 0 unspecified atom stereocenters. The lowest BCUT2D eigenvalue weighted by molar-refractivity contribution is -0.137. The smallest absolute Gasteiger partial charge is 0.334 e. The first kappa shape index (κ1) is 11.6. The van der Waals surface area contributed by atoms with Crippen LogP contribution in [-0.4, -0.2) is 17.7 Å². The average Bonchev–Trinajstić information content (AvgIpc) is 2.18. The zero-order valence-corrected chi connectivity index (χ0v) is 8.99. The van der Waals surface area contributed by atoms with Crippen molar-refractivity contribution in [2.24, 2.45) is 0 Å². The van der Waals surface area contributed by atoms with Crippen molar-refractivity contribution in [3.05, 3.63) is 40.9 Å². The summed E-state index contributed by atoms with van der Waals surface area (Å²) in [4.78, 5) is 11.0. The van der Waals surface area contributed by atoms with Gasteiger partial charge in [0.15, 0.2) is 0 Å². The van der Waals surface area contributed by atoms with Crippen LogP contribution in [0.4, 0.5) is 0 Å². The van der Waals surface area contributed by atoms with Gasteiger partial charge in [0.05, 0.1) is 12.7 Å². The summed E-state index contributed by atoms with van der Waals surface area (Å²) in [7, 11) is 0. The average molecular weight is 227 g/mol. The third-order valence-corrected chi connectivity index (χ3v) is 1.90.